The van der Waals surface area contributed by atoms with Crippen LogP contribution in [-0.2, 0) is 0 Å². The van der Waals surface area contributed by atoms with Crippen molar-refractivity contribution in [3.8, 4) is 0 Å². The van der Waals surface area contributed by atoms with Crippen LogP contribution in [0.1, 0.15) is 43.7 Å². The van der Waals surface area contributed by atoms with Crippen molar-refractivity contribution in [2.75, 3.05) is 5.32 Å². The molecule has 2 aromatic rings. The smallest absolute Gasteiger partial charge is 0.133 e. The number of halogens is 1. The van der Waals surface area contributed by atoms with Crippen molar-refractivity contribution in [1.29, 1.82) is 0 Å². The SMILES string of the molecule is CCCCC/C=N\N[C@H]1C=C(c2ccccc2)c2cc(Br)ccc2N1. The monoisotopic (exact) mass is 397 g/mol. The minimum absolute atomic E-state index is 0.0219. The summed E-state index contributed by atoms with van der Waals surface area (Å²) in [6.45, 7) is 2.22. The Morgan fingerprint density at radius 1 is 1.16 bits per heavy atom. The Morgan fingerprint density at radius 2 is 2.00 bits per heavy atom. The van der Waals surface area contributed by atoms with Gasteiger partial charge in [0.05, 0.1) is 0 Å². The fourth-order valence-electron chi connectivity index (χ4n) is 2.95. The summed E-state index contributed by atoms with van der Waals surface area (Å²) >= 11 is 3.58. The van der Waals surface area contributed by atoms with Crippen LogP contribution in [0.5, 0.6) is 0 Å². The Kier molecular flexibility index (Phi) is 6.29. The first-order valence-electron chi connectivity index (χ1n) is 8.88. The Labute approximate surface area is 158 Å². The lowest BCUT2D eigenvalue weighted by Crippen LogP contribution is -2.33. The summed E-state index contributed by atoms with van der Waals surface area (Å²) in [5.74, 6) is 0. The van der Waals surface area contributed by atoms with E-state index in [1.165, 1.54) is 36.0 Å². The second kappa shape index (κ2) is 8.86. The number of anilines is 1. The van der Waals surface area contributed by atoms with Gasteiger partial charge in [-0.25, -0.2) is 0 Å². The fourth-order valence-corrected chi connectivity index (χ4v) is 3.31. The summed E-state index contributed by atoms with van der Waals surface area (Å²) in [5.41, 5.74) is 7.96. The minimum atomic E-state index is -0.0219. The lowest BCUT2D eigenvalue weighted by molar-refractivity contribution is 0.677. The van der Waals surface area contributed by atoms with Crippen LogP contribution in [-0.4, -0.2) is 12.4 Å². The Morgan fingerprint density at radius 3 is 2.80 bits per heavy atom. The largest absolute Gasteiger partial charge is 0.360 e. The van der Waals surface area contributed by atoms with Gasteiger partial charge in [0.2, 0.25) is 0 Å². The highest BCUT2D eigenvalue weighted by Crippen LogP contribution is 2.35. The molecule has 3 nitrogen and oxygen atoms in total. The van der Waals surface area contributed by atoms with Crippen LogP contribution in [0.15, 0.2) is 64.2 Å². The molecule has 1 atom stereocenters. The first-order valence-corrected chi connectivity index (χ1v) is 9.68. The highest BCUT2D eigenvalue weighted by molar-refractivity contribution is 9.10. The highest BCUT2D eigenvalue weighted by Gasteiger charge is 2.19. The van der Waals surface area contributed by atoms with Gasteiger partial charge in [0, 0.05) is 21.9 Å². The van der Waals surface area contributed by atoms with Crippen molar-refractivity contribution in [3.63, 3.8) is 0 Å². The molecule has 0 saturated carbocycles. The van der Waals surface area contributed by atoms with Gasteiger partial charge in [-0.1, -0.05) is 66.0 Å². The van der Waals surface area contributed by atoms with Crippen LogP contribution >= 0.6 is 15.9 Å². The molecule has 0 aliphatic carbocycles. The fraction of sp³-hybridized carbons (Fsp3) is 0.286. The van der Waals surface area contributed by atoms with Crippen LogP contribution in [0.2, 0.25) is 0 Å². The van der Waals surface area contributed by atoms with Gasteiger partial charge in [-0.15, -0.1) is 0 Å². The van der Waals surface area contributed by atoms with Gasteiger partial charge in [-0.05, 0) is 48.3 Å². The Balaban J connectivity index is 1.79. The van der Waals surface area contributed by atoms with Crippen molar-refractivity contribution in [2.45, 2.75) is 38.8 Å². The molecule has 1 aliphatic rings. The summed E-state index contributed by atoms with van der Waals surface area (Å²) in [6, 6.07) is 16.8. The van der Waals surface area contributed by atoms with E-state index >= 15 is 0 Å². The first-order chi connectivity index (χ1) is 12.3. The Bertz CT molecular complexity index is 753. The van der Waals surface area contributed by atoms with Gasteiger partial charge < -0.3 is 5.32 Å². The Hall–Kier alpha value is -2.07. The van der Waals surface area contributed by atoms with E-state index in [0.717, 1.165) is 16.6 Å². The highest BCUT2D eigenvalue weighted by atomic mass is 79.9. The lowest BCUT2D eigenvalue weighted by atomic mass is 9.93. The maximum Gasteiger partial charge on any atom is 0.133 e. The number of benzene rings is 2. The molecule has 0 amide bonds. The molecule has 0 unspecified atom stereocenters. The van der Waals surface area contributed by atoms with E-state index in [0.29, 0.717) is 0 Å². The first kappa shape index (κ1) is 17.7. The maximum atomic E-state index is 4.39. The van der Waals surface area contributed by atoms with Crippen molar-refractivity contribution in [3.05, 3.63) is 70.2 Å². The summed E-state index contributed by atoms with van der Waals surface area (Å²) < 4.78 is 1.08. The normalized spacial score (nSPS) is 16.2. The molecular weight excluding hydrogens is 374 g/mol. The molecule has 0 spiro atoms. The van der Waals surface area contributed by atoms with Crippen molar-refractivity contribution < 1.29 is 0 Å². The van der Waals surface area contributed by atoms with Gasteiger partial charge in [-0.2, -0.15) is 5.10 Å². The summed E-state index contributed by atoms with van der Waals surface area (Å²) in [4.78, 5) is 0. The third-order valence-electron chi connectivity index (χ3n) is 4.24. The molecule has 0 aromatic heterocycles. The standard InChI is InChI=1S/C21H24BrN3/c1-2-3-4-8-13-23-25-21-15-18(16-9-6-5-7-10-16)19-14-17(22)11-12-20(19)24-21/h5-7,9-15,21,24-25H,2-4,8H2,1H3/b23-13-/t21-/m0/s1. The topological polar surface area (TPSA) is 36.4 Å². The molecule has 25 heavy (non-hydrogen) atoms. The molecule has 130 valence electrons. The number of fused-ring (bicyclic) bond motifs is 1. The number of rotatable bonds is 7. The maximum absolute atomic E-state index is 4.39. The van der Waals surface area contributed by atoms with Gasteiger partial charge in [0.25, 0.3) is 0 Å². The van der Waals surface area contributed by atoms with E-state index in [9.17, 15) is 0 Å². The van der Waals surface area contributed by atoms with E-state index in [-0.39, 0.29) is 6.17 Å². The lowest BCUT2D eigenvalue weighted by Gasteiger charge is -2.26. The minimum Gasteiger partial charge on any atom is -0.360 e. The van der Waals surface area contributed by atoms with Crippen LogP contribution in [0.25, 0.3) is 5.57 Å². The number of hydrazone groups is 1. The second-order valence-corrected chi connectivity index (χ2v) is 7.11. The van der Waals surface area contributed by atoms with Gasteiger partial charge in [0.1, 0.15) is 6.17 Å². The molecule has 1 aliphatic heterocycles. The number of hydrogen-bond acceptors (Lipinski definition) is 3. The zero-order valence-corrected chi connectivity index (χ0v) is 16.1. The quantitative estimate of drug-likeness (QED) is 0.352. The molecule has 0 bridgehead atoms. The molecule has 3 rings (SSSR count). The van der Waals surface area contributed by atoms with Crippen molar-refractivity contribution in [1.82, 2.24) is 5.43 Å². The van der Waals surface area contributed by atoms with E-state index in [2.05, 4.69) is 87.2 Å². The molecular formula is C21H24BrN3. The molecule has 2 aromatic carbocycles. The molecule has 0 saturated heterocycles. The van der Waals surface area contributed by atoms with Crippen molar-refractivity contribution >= 4 is 33.4 Å². The predicted molar refractivity (Wildman–Crippen MR) is 111 cm³/mol. The van der Waals surface area contributed by atoms with Crippen LogP contribution in [0, 0.1) is 0 Å². The van der Waals surface area contributed by atoms with E-state index < -0.39 is 0 Å². The van der Waals surface area contributed by atoms with Crippen LogP contribution in [0.4, 0.5) is 5.69 Å². The zero-order valence-electron chi connectivity index (χ0n) is 14.5. The van der Waals surface area contributed by atoms with Crippen molar-refractivity contribution in [2.24, 2.45) is 5.10 Å². The zero-order chi connectivity index (χ0) is 17.5. The average molecular weight is 398 g/mol. The van der Waals surface area contributed by atoms with Crippen LogP contribution < -0.4 is 10.7 Å². The van der Waals surface area contributed by atoms with Gasteiger partial charge in [-0.3, -0.25) is 5.43 Å². The number of hydrogen-bond donors (Lipinski definition) is 2. The summed E-state index contributed by atoms with van der Waals surface area (Å²) in [7, 11) is 0. The van der Waals surface area contributed by atoms with E-state index in [1.807, 2.05) is 12.3 Å². The van der Waals surface area contributed by atoms with Gasteiger partial charge in [0.15, 0.2) is 0 Å². The summed E-state index contributed by atoms with van der Waals surface area (Å²) in [6.07, 6.45) is 8.87. The number of unbranched alkanes of at least 4 members (excludes halogenated alkanes) is 3. The average Bonchev–Trinajstić information content (AvgIpc) is 2.65. The molecule has 1 heterocycles. The van der Waals surface area contributed by atoms with E-state index in [4.69, 9.17) is 0 Å². The predicted octanol–water partition coefficient (Wildman–Crippen LogP) is 5.79. The van der Waals surface area contributed by atoms with Gasteiger partial charge >= 0.3 is 0 Å². The summed E-state index contributed by atoms with van der Waals surface area (Å²) in [5, 5.41) is 7.90. The molecule has 2 N–H and O–H groups in total. The molecule has 4 heteroatoms. The molecule has 0 fully saturated rings. The van der Waals surface area contributed by atoms with E-state index in [1.54, 1.807) is 0 Å². The second-order valence-electron chi connectivity index (χ2n) is 6.19. The number of nitrogens with one attached hydrogen (secondary N) is 2. The third-order valence-corrected chi connectivity index (χ3v) is 4.74. The third kappa shape index (κ3) is 4.73. The molecule has 0 radical (unpaired) electrons. The number of nitrogens with zero attached hydrogens (tertiary/aromatic N) is 1. The van der Waals surface area contributed by atoms with Crippen LogP contribution in [0.3, 0.4) is 0 Å².